The summed E-state index contributed by atoms with van der Waals surface area (Å²) in [5.41, 5.74) is 2.04. The van der Waals surface area contributed by atoms with E-state index in [1.54, 1.807) is 69.1 Å². The van der Waals surface area contributed by atoms with Crippen molar-refractivity contribution in [2.24, 2.45) is 0 Å². The van der Waals surface area contributed by atoms with E-state index in [2.05, 4.69) is 10.3 Å². The molecule has 3 aromatic rings. The van der Waals surface area contributed by atoms with Crippen molar-refractivity contribution in [1.82, 2.24) is 4.98 Å². The average Bonchev–Trinajstić information content (AvgIpc) is 2.73. The first-order chi connectivity index (χ1) is 13.2. The Balaban J connectivity index is 1.74. The fourth-order valence-electron chi connectivity index (χ4n) is 2.48. The highest BCUT2D eigenvalue weighted by Gasteiger charge is 2.11. The second-order valence-corrected chi connectivity index (χ2v) is 5.70. The van der Waals surface area contributed by atoms with Crippen molar-refractivity contribution < 1.29 is 19.0 Å². The number of anilines is 1. The molecule has 0 radical (unpaired) electrons. The van der Waals surface area contributed by atoms with E-state index in [1.165, 1.54) is 0 Å². The molecule has 0 aliphatic heterocycles. The molecule has 3 rings (SSSR count). The van der Waals surface area contributed by atoms with Gasteiger partial charge in [0, 0.05) is 35.3 Å². The van der Waals surface area contributed by atoms with E-state index in [9.17, 15) is 4.79 Å². The predicted octanol–water partition coefficient (Wildman–Crippen LogP) is 3.93. The van der Waals surface area contributed by atoms with Crippen LogP contribution in [0.4, 0.5) is 5.69 Å². The monoisotopic (exact) mass is 364 g/mol. The molecule has 0 bridgehead atoms. The highest BCUT2D eigenvalue weighted by atomic mass is 16.5. The van der Waals surface area contributed by atoms with Crippen LogP contribution in [0.2, 0.25) is 0 Å². The average molecular weight is 364 g/mol. The predicted molar refractivity (Wildman–Crippen MR) is 103 cm³/mol. The van der Waals surface area contributed by atoms with Gasteiger partial charge in [0.15, 0.2) is 11.5 Å². The lowest BCUT2D eigenvalue weighted by Gasteiger charge is -2.13. The van der Waals surface area contributed by atoms with Crippen LogP contribution in [0.5, 0.6) is 17.2 Å². The highest BCUT2D eigenvalue weighted by molar-refractivity contribution is 6.04. The van der Waals surface area contributed by atoms with Gasteiger partial charge in [-0.3, -0.25) is 9.78 Å². The second kappa shape index (κ2) is 8.71. The summed E-state index contributed by atoms with van der Waals surface area (Å²) < 4.78 is 16.3. The number of benzene rings is 2. The van der Waals surface area contributed by atoms with E-state index in [1.807, 2.05) is 12.1 Å². The number of pyridine rings is 1. The first-order valence-electron chi connectivity index (χ1n) is 8.35. The van der Waals surface area contributed by atoms with Crippen LogP contribution >= 0.6 is 0 Å². The summed E-state index contributed by atoms with van der Waals surface area (Å²) in [7, 11) is 3.13. The molecule has 0 aliphatic carbocycles. The number of amides is 1. The highest BCUT2D eigenvalue weighted by Crippen LogP contribution is 2.31. The molecule has 0 unspecified atom stereocenters. The normalized spacial score (nSPS) is 10.1. The molecule has 1 aromatic heterocycles. The van der Waals surface area contributed by atoms with E-state index in [-0.39, 0.29) is 5.91 Å². The SMILES string of the molecule is COc1cccc(C(=O)Nc2ccc(OC)c(OCc3cccnc3)c2)c1. The molecule has 0 atom stereocenters. The van der Waals surface area contributed by atoms with E-state index >= 15 is 0 Å². The standard InChI is InChI=1S/C21H20N2O4/c1-25-18-7-3-6-16(11-18)21(24)23-17-8-9-19(26-2)20(12-17)27-14-15-5-4-10-22-13-15/h3-13H,14H2,1-2H3,(H,23,24). The summed E-state index contributed by atoms with van der Waals surface area (Å²) in [6, 6.07) is 16.0. The Morgan fingerprint density at radius 1 is 1.00 bits per heavy atom. The number of hydrogen-bond acceptors (Lipinski definition) is 5. The summed E-state index contributed by atoms with van der Waals surface area (Å²) in [5, 5.41) is 2.86. The molecule has 0 fully saturated rings. The summed E-state index contributed by atoms with van der Waals surface area (Å²) in [6.45, 7) is 0.345. The lowest BCUT2D eigenvalue weighted by atomic mass is 10.2. The topological polar surface area (TPSA) is 69.7 Å². The van der Waals surface area contributed by atoms with Crippen LogP contribution < -0.4 is 19.5 Å². The molecule has 0 spiro atoms. The first-order valence-corrected chi connectivity index (χ1v) is 8.35. The van der Waals surface area contributed by atoms with Gasteiger partial charge in [-0.15, -0.1) is 0 Å². The molecule has 1 amide bonds. The maximum Gasteiger partial charge on any atom is 0.255 e. The van der Waals surface area contributed by atoms with Crippen molar-refractivity contribution in [1.29, 1.82) is 0 Å². The molecule has 1 heterocycles. The van der Waals surface area contributed by atoms with Gasteiger partial charge in [0.05, 0.1) is 14.2 Å². The van der Waals surface area contributed by atoms with Gasteiger partial charge in [-0.25, -0.2) is 0 Å². The van der Waals surface area contributed by atoms with Crippen LogP contribution in [0.25, 0.3) is 0 Å². The molecule has 1 N–H and O–H groups in total. The number of methoxy groups -OCH3 is 2. The van der Waals surface area contributed by atoms with Gasteiger partial charge >= 0.3 is 0 Å². The number of carbonyl (C=O) groups excluding carboxylic acids is 1. The zero-order valence-corrected chi connectivity index (χ0v) is 15.1. The van der Waals surface area contributed by atoms with Crippen molar-refractivity contribution >= 4 is 11.6 Å². The molecule has 0 aliphatic rings. The van der Waals surface area contributed by atoms with E-state index in [4.69, 9.17) is 14.2 Å². The van der Waals surface area contributed by atoms with Gasteiger partial charge in [-0.1, -0.05) is 12.1 Å². The number of nitrogens with one attached hydrogen (secondary N) is 1. The lowest BCUT2D eigenvalue weighted by Crippen LogP contribution is -2.12. The van der Waals surface area contributed by atoms with Gasteiger partial charge in [-0.2, -0.15) is 0 Å². The van der Waals surface area contributed by atoms with Gasteiger partial charge in [0.2, 0.25) is 0 Å². The van der Waals surface area contributed by atoms with Crippen LogP contribution in [-0.2, 0) is 6.61 Å². The smallest absolute Gasteiger partial charge is 0.255 e. The minimum Gasteiger partial charge on any atom is -0.497 e. The number of aromatic nitrogens is 1. The Hall–Kier alpha value is -3.54. The molecule has 0 saturated carbocycles. The van der Waals surface area contributed by atoms with Crippen LogP contribution in [0.15, 0.2) is 67.0 Å². The molecular weight excluding hydrogens is 344 g/mol. The van der Waals surface area contributed by atoms with Crippen molar-refractivity contribution in [3.63, 3.8) is 0 Å². The largest absolute Gasteiger partial charge is 0.497 e. The van der Waals surface area contributed by atoms with Crippen LogP contribution in [-0.4, -0.2) is 25.1 Å². The molecular formula is C21H20N2O4. The van der Waals surface area contributed by atoms with Crippen molar-refractivity contribution in [3.05, 3.63) is 78.1 Å². The minimum absolute atomic E-state index is 0.239. The maximum atomic E-state index is 12.5. The molecule has 6 heteroatoms. The van der Waals surface area contributed by atoms with E-state index in [0.717, 1.165) is 5.56 Å². The summed E-state index contributed by atoms with van der Waals surface area (Å²) in [4.78, 5) is 16.5. The minimum atomic E-state index is -0.239. The summed E-state index contributed by atoms with van der Waals surface area (Å²) in [6.07, 6.45) is 3.44. The Bertz CT molecular complexity index is 913. The van der Waals surface area contributed by atoms with Crippen molar-refractivity contribution in [2.45, 2.75) is 6.61 Å². The number of nitrogens with zero attached hydrogens (tertiary/aromatic N) is 1. The zero-order chi connectivity index (χ0) is 19.1. The molecule has 138 valence electrons. The fraction of sp³-hybridized carbons (Fsp3) is 0.143. The maximum absolute atomic E-state index is 12.5. The van der Waals surface area contributed by atoms with Gasteiger partial charge in [-0.05, 0) is 36.4 Å². The Labute approximate surface area is 157 Å². The Morgan fingerprint density at radius 3 is 2.63 bits per heavy atom. The Kier molecular flexibility index (Phi) is 5.89. The first kappa shape index (κ1) is 18.3. The number of ether oxygens (including phenoxy) is 3. The summed E-state index contributed by atoms with van der Waals surface area (Å²) >= 11 is 0. The number of carbonyl (C=O) groups is 1. The van der Waals surface area contributed by atoms with Crippen LogP contribution in [0, 0.1) is 0 Å². The summed E-state index contributed by atoms with van der Waals surface area (Å²) in [5.74, 6) is 1.50. The molecule has 2 aromatic carbocycles. The van der Waals surface area contributed by atoms with E-state index in [0.29, 0.717) is 35.1 Å². The Morgan fingerprint density at radius 2 is 1.89 bits per heavy atom. The van der Waals surface area contributed by atoms with Gasteiger partial charge in [0.1, 0.15) is 12.4 Å². The third-order valence-corrected chi connectivity index (χ3v) is 3.87. The quantitative estimate of drug-likeness (QED) is 0.688. The number of hydrogen-bond donors (Lipinski definition) is 1. The van der Waals surface area contributed by atoms with Crippen LogP contribution in [0.1, 0.15) is 15.9 Å². The molecule has 6 nitrogen and oxygen atoms in total. The lowest BCUT2D eigenvalue weighted by molar-refractivity contribution is 0.102. The van der Waals surface area contributed by atoms with Gasteiger partial charge in [0.25, 0.3) is 5.91 Å². The number of rotatable bonds is 7. The fourth-order valence-corrected chi connectivity index (χ4v) is 2.48. The third kappa shape index (κ3) is 4.76. The molecule has 0 saturated heterocycles. The second-order valence-electron chi connectivity index (χ2n) is 5.70. The zero-order valence-electron chi connectivity index (χ0n) is 15.1. The third-order valence-electron chi connectivity index (χ3n) is 3.87. The van der Waals surface area contributed by atoms with Gasteiger partial charge < -0.3 is 19.5 Å². The van der Waals surface area contributed by atoms with Crippen molar-refractivity contribution in [3.8, 4) is 17.2 Å². The van der Waals surface area contributed by atoms with E-state index < -0.39 is 0 Å². The van der Waals surface area contributed by atoms with Crippen LogP contribution in [0.3, 0.4) is 0 Å². The molecule has 27 heavy (non-hydrogen) atoms. The van der Waals surface area contributed by atoms with Crippen molar-refractivity contribution in [2.75, 3.05) is 19.5 Å².